The average Bonchev–Trinajstić information content (AvgIpc) is 2.50. The Balaban J connectivity index is 1.93. The van der Waals surface area contributed by atoms with Crippen molar-refractivity contribution in [3.8, 4) is 12.3 Å². The fourth-order valence-electron chi connectivity index (χ4n) is 2.58. The van der Waals surface area contributed by atoms with Crippen LogP contribution in [0.2, 0.25) is 0 Å². The van der Waals surface area contributed by atoms with Crippen LogP contribution in [-0.4, -0.2) is 0 Å². The van der Waals surface area contributed by atoms with Crippen molar-refractivity contribution in [1.29, 1.82) is 0 Å². The molecule has 0 nitrogen and oxygen atoms in total. The summed E-state index contributed by atoms with van der Waals surface area (Å²) in [5.74, 6) is 2.66. The molecule has 0 unspecified atom stereocenters. The molecule has 20 heavy (non-hydrogen) atoms. The van der Waals surface area contributed by atoms with Gasteiger partial charge in [-0.05, 0) is 30.5 Å². The Hall–Kier alpha value is -1.22. The van der Waals surface area contributed by atoms with E-state index in [0.717, 1.165) is 5.56 Å². The van der Waals surface area contributed by atoms with Crippen molar-refractivity contribution in [2.75, 3.05) is 0 Å². The van der Waals surface area contributed by atoms with Crippen LogP contribution in [0.25, 0.3) is 0 Å². The van der Waals surface area contributed by atoms with Crippen molar-refractivity contribution >= 4 is 0 Å². The summed E-state index contributed by atoms with van der Waals surface area (Å²) in [6.07, 6.45) is 20.6. The molecule has 0 aromatic heterocycles. The second-order valence-corrected chi connectivity index (χ2v) is 5.77. The maximum absolute atomic E-state index is 5.36. The Kier molecular flexibility index (Phi) is 9.76. The molecule has 0 N–H and O–H groups in total. The molecular weight excluding hydrogens is 240 g/mol. The first-order valence-electron chi connectivity index (χ1n) is 8.42. The van der Waals surface area contributed by atoms with Crippen LogP contribution in [0.15, 0.2) is 24.3 Å². The first-order chi connectivity index (χ1) is 9.86. The average molecular weight is 270 g/mol. The van der Waals surface area contributed by atoms with Gasteiger partial charge in [-0.25, -0.2) is 0 Å². The summed E-state index contributed by atoms with van der Waals surface area (Å²) >= 11 is 0. The molecule has 0 spiro atoms. The van der Waals surface area contributed by atoms with Gasteiger partial charge in [0.1, 0.15) is 0 Å². The highest BCUT2D eigenvalue weighted by atomic mass is 14.0. The van der Waals surface area contributed by atoms with Crippen molar-refractivity contribution in [3.05, 3.63) is 35.4 Å². The number of aryl methyl sites for hydroxylation is 1. The summed E-state index contributed by atoms with van der Waals surface area (Å²) in [6, 6.07) is 8.43. The Morgan fingerprint density at radius 2 is 1.25 bits per heavy atom. The molecule has 0 saturated carbocycles. The molecule has 1 rings (SSSR count). The van der Waals surface area contributed by atoms with Gasteiger partial charge in [0.2, 0.25) is 0 Å². The maximum Gasteiger partial charge on any atom is 0.0242 e. The summed E-state index contributed by atoms with van der Waals surface area (Å²) in [4.78, 5) is 0. The predicted molar refractivity (Wildman–Crippen MR) is 89.9 cm³/mol. The molecule has 0 aliphatic heterocycles. The van der Waals surface area contributed by atoms with E-state index in [1.165, 1.54) is 76.2 Å². The van der Waals surface area contributed by atoms with E-state index in [2.05, 4.69) is 25.0 Å². The second kappa shape index (κ2) is 11.6. The summed E-state index contributed by atoms with van der Waals surface area (Å²) in [5.41, 5.74) is 2.40. The minimum absolute atomic E-state index is 0.983. The lowest BCUT2D eigenvalue weighted by Crippen LogP contribution is -1.87. The largest absolute Gasteiger partial charge is 0.115 e. The number of hydrogen-bond acceptors (Lipinski definition) is 0. The maximum atomic E-state index is 5.36. The molecule has 0 heterocycles. The van der Waals surface area contributed by atoms with Crippen molar-refractivity contribution in [3.63, 3.8) is 0 Å². The minimum Gasteiger partial charge on any atom is -0.115 e. The lowest BCUT2D eigenvalue weighted by Gasteiger charge is -2.03. The van der Waals surface area contributed by atoms with Crippen LogP contribution < -0.4 is 0 Å². The molecule has 0 aliphatic rings. The van der Waals surface area contributed by atoms with Crippen LogP contribution in [-0.2, 0) is 6.42 Å². The number of hydrogen-bond donors (Lipinski definition) is 0. The van der Waals surface area contributed by atoms with E-state index in [0.29, 0.717) is 0 Å². The Labute approximate surface area is 126 Å². The SMILES string of the molecule is C#Cc1ccc(CCCCCCCCCCCC)cc1. The van der Waals surface area contributed by atoms with Crippen LogP contribution in [0.1, 0.15) is 82.3 Å². The topological polar surface area (TPSA) is 0 Å². The number of terminal acetylenes is 1. The third-order valence-electron chi connectivity index (χ3n) is 3.94. The highest BCUT2D eigenvalue weighted by Crippen LogP contribution is 2.12. The molecule has 0 heteroatoms. The first-order valence-corrected chi connectivity index (χ1v) is 8.42. The standard InChI is InChI=1S/C20H30/c1-3-5-6-7-8-9-10-11-12-13-14-20-17-15-19(4-2)16-18-20/h2,15-18H,3,5-14H2,1H3. The summed E-state index contributed by atoms with van der Waals surface area (Å²) in [5, 5.41) is 0. The Morgan fingerprint density at radius 1 is 0.750 bits per heavy atom. The zero-order valence-corrected chi connectivity index (χ0v) is 13.2. The number of unbranched alkanes of at least 4 members (excludes halogenated alkanes) is 9. The van der Waals surface area contributed by atoms with Gasteiger partial charge in [-0.15, -0.1) is 6.42 Å². The van der Waals surface area contributed by atoms with Gasteiger partial charge in [-0.1, -0.05) is 82.8 Å². The van der Waals surface area contributed by atoms with E-state index >= 15 is 0 Å². The third kappa shape index (κ3) is 8.05. The molecule has 110 valence electrons. The fourth-order valence-corrected chi connectivity index (χ4v) is 2.58. The molecular formula is C20H30. The first kappa shape index (κ1) is 16.8. The summed E-state index contributed by atoms with van der Waals surface area (Å²) in [7, 11) is 0. The highest BCUT2D eigenvalue weighted by molar-refractivity contribution is 5.34. The van der Waals surface area contributed by atoms with Gasteiger partial charge in [-0.2, -0.15) is 0 Å². The van der Waals surface area contributed by atoms with Gasteiger partial charge in [0.15, 0.2) is 0 Å². The van der Waals surface area contributed by atoms with Gasteiger partial charge < -0.3 is 0 Å². The van der Waals surface area contributed by atoms with Crippen molar-refractivity contribution in [2.45, 2.75) is 77.6 Å². The van der Waals surface area contributed by atoms with Crippen LogP contribution in [0, 0.1) is 12.3 Å². The third-order valence-corrected chi connectivity index (χ3v) is 3.94. The van der Waals surface area contributed by atoms with Crippen LogP contribution in [0.3, 0.4) is 0 Å². The molecule has 0 amide bonds. The molecule has 0 aliphatic carbocycles. The van der Waals surface area contributed by atoms with E-state index in [4.69, 9.17) is 6.42 Å². The quantitative estimate of drug-likeness (QED) is 0.335. The Morgan fingerprint density at radius 3 is 1.75 bits per heavy atom. The zero-order valence-electron chi connectivity index (χ0n) is 13.2. The summed E-state index contributed by atoms with van der Waals surface area (Å²) < 4.78 is 0. The van der Waals surface area contributed by atoms with Crippen LogP contribution >= 0.6 is 0 Å². The number of benzene rings is 1. The smallest absolute Gasteiger partial charge is 0.0242 e. The molecule has 0 bridgehead atoms. The predicted octanol–water partition coefficient (Wildman–Crippen LogP) is 6.13. The Bertz CT molecular complexity index is 366. The summed E-state index contributed by atoms with van der Waals surface area (Å²) in [6.45, 7) is 2.28. The molecule has 0 atom stereocenters. The van der Waals surface area contributed by atoms with Crippen molar-refractivity contribution in [1.82, 2.24) is 0 Å². The second-order valence-electron chi connectivity index (χ2n) is 5.77. The molecule has 0 saturated heterocycles. The zero-order chi connectivity index (χ0) is 14.5. The van der Waals surface area contributed by atoms with E-state index in [9.17, 15) is 0 Å². The van der Waals surface area contributed by atoms with Gasteiger partial charge in [0.25, 0.3) is 0 Å². The van der Waals surface area contributed by atoms with E-state index in [-0.39, 0.29) is 0 Å². The minimum atomic E-state index is 0.983. The monoisotopic (exact) mass is 270 g/mol. The number of rotatable bonds is 11. The highest BCUT2D eigenvalue weighted by Gasteiger charge is 1.95. The van der Waals surface area contributed by atoms with Crippen molar-refractivity contribution < 1.29 is 0 Å². The molecule has 0 fully saturated rings. The van der Waals surface area contributed by atoms with E-state index < -0.39 is 0 Å². The van der Waals surface area contributed by atoms with E-state index in [1.54, 1.807) is 0 Å². The molecule has 1 aromatic rings. The fraction of sp³-hybridized carbons (Fsp3) is 0.600. The molecule has 0 radical (unpaired) electrons. The van der Waals surface area contributed by atoms with Crippen LogP contribution in [0.4, 0.5) is 0 Å². The van der Waals surface area contributed by atoms with Gasteiger partial charge in [-0.3, -0.25) is 0 Å². The lowest BCUT2D eigenvalue weighted by atomic mass is 10.0. The molecule has 1 aromatic carbocycles. The normalized spacial score (nSPS) is 10.4. The van der Waals surface area contributed by atoms with Gasteiger partial charge >= 0.3 is 0 Å². The van der Waals surface area contributed by atoms with Gasteiger partial charge in [0, 0.05) is 5.56 Å². The van der Waals surface area contributed by atoms with Crippen LogP contribution in [0.5, 0.6) is 0 Å². The van der Waals surface area contributed by atoms with Gasteiger partial charge in [0.05, 0.1) is 0 Å². The van der Waals surface area contributed by atoms with Crippen molar-refractivity contribution in [2.24, 2.45) is 0 Å². The van der Waals surface area contributed by atoms with E-state index in [1.807, 2.05) is 12.1 Å². The lowest BCUT2D eigenvalue weighted by molar-refractivity contribution is 0.556.